The van der Waals surface area contributed by atoms with Gasteiger partial charge in [0, 0.05) is 6.54 Å². The van der Waals surface area contributed by atoms with Crippen molar-refractivity contribution in [3.05, 3.63) is 41.6 Å². The molecule has 0 N–H and O–H groups in total. The van der Waals surface area contributed by atoms with Crippen LogP contribution in [0.5, 0.6) is 11.5 Å². The highest BCUT2D eigenvalue weighted by molar-refractivity contribution is 5.87. The molecule has 4 rings (SSSR count). The minimum Gasteiger partial charge on any atom is -0.486 e. The number of aromatic nitrogens is 2. The van der Waals surface area contributed by atoms with Crippen molar-refractivity contribution in [2.24, 2.45) is 0 Å². The maximum atomic E-state index is 11.5. The first-order valence-electron chi connectivity index (χ1n) is 8.34. The van der Waals surface area contributed by atoms with E-state index >= 15 is 0 Å². The van der Waals surface area contributed by atoms with E-state index in [-0.39, 0.29) is 11.7 Å². The molecule has 0 spiro atoms. The molecule has 0 saturated carbocycles. The maximum Gasteiger partial charge on any atom is 0.358 e. The molecule has 0 radical (unpaired) electrons. The molecule has 3 heterocycles. The van der Waals surface area contributed by atoms with Crippen LogP contribution in [0.25, 0.3) is 0 Å². The van der Waals surface area contributed by atoms with Crippen molar-refractivity contribution >= 4 is 11.8 Å². The van der Waals surface area contributed by atoms with Crippen LogP contribution in [0.3, 0.4) is 0 Å². The summed E-state index contributed by atoms with van der Waals surface area (Å²) in [7, 11) is 1.33. The predicted octanol–water partition coefficient (Wildman–Crippen LogP) is 2.38. The summed E-state index contributed by atoms with van der Waals surface area (Å²) in [4.78, 5) is 13.7. The standard InChI is InChI=1S/C18H19N3O4/c1-23-18(22)13-5-7-17(20-19-13)21-8-2-3-14(21)12-4-6-15-16(11-12)25-10-9-24-15/h4-7,11,14H,2-3,8-10H2,1H3/t14-/m0/s1. The largest absolute Gasteiger partial charge is 0.486 e. The van der Waals surface area contributed by atoms with E-state index in [0.29, 0.717) is 13.2 Å². The lowest BCUT2D eigenvalue weighted by molar-refractivity contribution is 0.0592. The minimum atomic E-state index is -0.483. The lowest BCUT2D eigenvalue weighted by Crippen LogP contribution is -2.24. The molecule has 1 atom stereocenters. The van der Waals surface area contributed by atoms with Gasteiger partial charge in [0.05, 0.1) is 13.2 Å². The van der Waals surface area contributed by atoms with E-state index in [2.05, 4.69) is 25.9 Å². The summed E-state index contributed by atoms with van der Waals surface area (Å²) in [6.07, 6.45) is 2.10. The van der Waals surface area contributed by atoms with E-state index < -0.39 is 5.97 Å². The van der Waals surface area contributed by atoms with Gasteiger partial charge in [-0.2, -0.15) is 0 Å². The van der Waals surface area contributed by atoms with Gasteiger partial charge in [0.25, 0.3) is 0 Å². The molecule has 7 nitrogen and oxygen atoms in total. The first kappa shape index (κ1) is 15.7. The van der Waals surface area contributed by atoms with Gasteiger partial charge in [0.1, 0.15) is 13.2 Å². The second-order valence-electron chi connectivity index (χ2n) is 6.02. The van der Waals surface area contributed by atoms with Crippen molar-refractivity contribution < 1.29 is 19.0 Å². The van der Waals surface area contributed by atoms with Crippen molar-refractivity contribution in [3.63, 3.8) is 0 Å². The quantitative estimate of drug-likeness (QED) is 0.794. The van der Waals surface area contributed by atoms with Crippen LogP contribution in [0, 0.1) is 0 Å². The summed E-state index contributed by atoms with van der Waals surface area (Å²) in [6.45, 7) is 2.06. The van der Waals surface area contributed by atoms with Gasteiger partial charge in [0.2, 0.25) is 0 Å². The third-order valence-corrected chi connectivity index (χ3v) is 4.54. The number of benzene rings is 1. The van der Waals surface area contributed by atoms with Crippen molar-refractivity contribution in [1.29, 1.82) is 0 Å². The SMILES string of the molecule is COC(=O)c1ccc(N2CCC[C@H]2c2ccc3c(c2)OCCO3)nn1. The normalized spacial score (nSPS) is 18.9. The number of methoxy groups -OCH3 is 1. The Hall–Kier alpha value is -2.83. The zero-order valence-electron chi connectivity index (χ0n) is 14.0. The monoisotopic (exact) mass is 341 g/mol. The molecular weight excluding hydrogens is 322 g/mol. The Kier molecular flexibility index (Phi) is 4.13. The molecule has 2 aromatic rings. The second-order valence-corrected chi connectivity index (χ2v) is 6.02. The lowest BCUT2D eigenvalue weighted by atomic mass is 10.0. The number of hydrogen-bond acceptors (Lipinski definition) is 7. The number of fused-ring (bicyclic) bond motifs is 1. The Morgan fingerprint density at radius 2 is 2.00 bits per heavy atom. The number of esters is 1. The Bertz CT molecular complexity index is 778. The van der Waals surface area contributed by atoms with Crippen LogP contribution < -0.4 is 14.4 Å². The number of anilines is 1. The fourth-order valence-electron chi connectivity index (χ4n) is 3.35. The minimum absolute atomic E-state index is 0.203. The molecule has 0 unspecified atom stereocenters. The number of rotatable bonds is 3. The third kappa shape index (κ3) is 2.97. The molecule has 1 saturated heterocycles. The van der Waals surface area contributed by atoms with E-state index in [1.165, 1.54) is 12.7 Å². The average Bonchev–Trinajstić information content (AvgIpc) is 3.17. The molecule has 1 aromatic carbocycles. The zero-order chi connectivity index (χ0) is 17.2. The number of carbonyl (C=O) groups excluding carboxylic acids is 1. The summed E-state index contributed by atoms with van der Waals surface area (Å²) in [5, 5.41) is 8.19. The fourth-order valence-corrected chi connectivity index (χ4v) is 3.35. The Balaban J connectivity index is 1.59. The highest BCUT2D eigenvalue weighted by Crippen LogP contribution is 2.39. The van der Waals surface area contributed by atoms with Crippen LogP contribution in [-0.2, 0) is 4.74 Å². The second kappa shape index (κ2) is 6.58. The van der Waals surface area contributed by atoms with Gasteiger partial charge in [-0.1, -0.05) is 6.07 Å². The van der Waals surface area contributed by atoms with E-state index in [1.54, 1.807) is 6.07 Å². The highest BCUT2D eigenvalue weighted by atomic mass is 16.6. The van der Waals surface area contributed by atoms with Crippen LogP contribution >= 0.6 is 0 Å². The fraction of sp³-hybridized carbons (Fsp3) is 0.389. The summed E-state index contributed by atoms with van der Waals surface area (Å²) in [5.74, 6) is 1.86. The van der Waals surface area contributed by atoms with Gasteiger partial charge in [-0.25, -0.2) is 4.79 Å². The summed E-state index contributed by atoms with van der Waals surface area (Å²) >= 11 is 0. The number of carbonyl (C=O) groups is 1. The summed E-state index contributed by atoms with van der Waals surface area (Å²) in [6, 6.07) is 9.75. The van der Waals surface area contributed by atoms with Crippen LogP contribution in [0.4, 0.5) is 5.82 Å². The molecule has 7 heteroatoms. The van der Waals surface area contributed by atoms with Gasteiger partial charge < -0.3 is 19.1 Å². The topological polar surface area (TPSA) is 73.8 Å². The van der Waals surface area contributed by atoms with Gasteiger partial charge in [-0.3, -0.25) is 0 Å². The number of ether oxygens (including phenoxy) is 3. The van der Waals surface area contributed by atoms with Crippen molar-refractivity contribution in [3.8, 4) is 11.5 Å². The smallest absolute Gasteiger partial charge is 0.358 e. The number of nitrogens with zero attached hydrogens (tertiary/aromatic N) is 3. The molecule has 2 aliphatic heterocycles. The molecule has 1 fully saturated rings. The highest BCUT2D eigenvalue weighted by Gasteiger charge is 2.28. The van der Waals surface area contributed by atoms with Gasteiger partial charge >= 0.3 is 5.97 Å². The van der Waals surface area contributed by atoms with Crippen LogP contribution in [0.15, 0.2) is 30.3 Å². The molecule has 0 aliphatic carbocycles. The van der Waals surface area contributed by atoms with Gasteiger partial charge in [0.15, 0.2) is 23.0 Å². The predicted molar refractivity (Wildman–Crippen MR) is 90.1 cm³/mol. The average molecular weight is 341 g/mol. The van der Waals surface area contributed by atoms with E-state index in [4.69, 9.17) is 9.47 Å². The van der Waals surface area contributed by atoms with E-state index in [9.17, 15) is 4.79 Å². The molecule has 0 amide bonds. The molecule has 0 bridgehead atoms. The van der Waals surface area contributed by atoms with Gasteiger partial charge in [-0.15, -0.1) is 10.2 Å². The first-order chi connectivity index (χ1) is 12.3. The van der Waals surface area contributed by atoms with E-state index in [0.717, 1.165) is 36.7 Å². The van der Waals surface area contributed by atoms with Crippen molar-refractivity contribution in [2.45, 2.75) is 18.9 Å². The number of hydrogen-bond donors (Lipinski definition) is 0. The van der Waals surface area contributed by atoms with Crippen LogP contribution in [-0.4, -0.2) is 43.0 Å². The van der Waals surface area contributed by atoms with Crippen LogP contribution in [0.1, 0.15) is 34.9 Å². The molecule has 1 aromatic heterocycles. The van der Waals surface area contributed by atoms with E-state index in [1.807, 2.05) is 18.2 Å². The molecule has 2 aliphatic rings. The Morgan fingerprint density at radius 1 is 1.16 bits per heavy atom. The Labute approximate surface area is 145 Å². The van der Waals surface area contributed by atoms with Crippen LogP contribution in [0.2, 0.25) is 0 Å². The Morgan fingerprint density at radius 3 is 2.76 bits per heavy atom. The lowest BCUT2D eigenvalue weighted by Gasteiger charge is -2.27. The first-order valence-corrected chi connectivity index (χ1v) is 8.34. The summed E-state index contributed by atoms with van der Waals surface area (Å²) < 4.78 is 16.0. The zero-order valence-corrected chi connectivity index (χ0v) is 14.0. The van der Waals surface area contributed by atoms with Crippen molar-refractivity contribution in [2.75, 3.05) is 31.8 Å². The van der Waals surface area contributed by atoms with Gasteiger partial charge in [-0.05, 0) is 42.7 Å². The van der Waals surface area contributed by atoms with Crippen molar-refractivity contribution in [1.82, 2.24) is 10.2 Å². The maximum absolute atomic E-state index is 11.5. The molecule has 130 valence electrons. The molecule has 25 heavy (non-hydrogen) atoms. The molecular formula is C18H19N3O4. The third-order valence-electron chi connectivity index (χ3n) is 4.54. The summed E-state index contributed by atoms with van der Waals surface area (Å²) in [5.41, 5.74) is 1.38.